The van der Waals surface area contributed by atoms with Crippen LogP contribution in [0.3, 0.4) is 0 Å². The second-order valence-electron chi connectivity index (χ2n) is 4.37. The molecular weight excluding hydrogens is 274 g/mol. The van der Waals surface area contributed by atoms with Gasteiger partial charge in [0, 0.05) is 12.9 Å². The lowest BCUT2D eigenvalue weighted by Gasteiger charge is -2.31. The number of carbonyl (C=O) groups is 1. The van der Waals surface area contributed by atoms with Crippen LogP contribution in [0.25, 0.3) is 0 Å². The molecular formula is C15H23NO3S. The highest BCUT2D eigenvalue weighted by Gasteiger charge is 2.39. The standard InChI is InChI=1S/C15H23NO3S/c1-16-15(14(17)19-3,9-11-20-12-10-18-2)13-7-5-4-6-8-13/h4-8,16H,9-12H2,1-3H3. The molecule has 0 fully saturated rings. The molecule has 112 valence electrons. The van der Waals surface area contributed by atoms with Crippen LogP contribution in [0.1, 0.15) is 12.0 Å². The smallest absolute Gasteiger partial charge is 0.330 e. The van der Waals surface area contributed by atoms with Crippen molar-refractivity contribution in [2.75, 3.05) is 39.4 Å². The van der Waals surface area contributed by atoms with Crippen LogP contribution in [0.15, 0.2) is 30.3 Å². The van der Waals surface area contributed by atoms with Crippen LogP contribution in [0.5, 0.6) is 0 Å². The average Bonchev–Trinajstić information content (AvgIpc) is 2.51. The SMILES string of the molecule is CNC(CCSCCOC)(C(=O)OC)c1ccccc1. The summed E-state index contributed by atoms with van der Waals surface area (Å²) in [4.78, 5) is 12.3. The first kappa shape index (κ1) is 17.0. The molecule has 0 radical (unpaired) electrons. The summed E-state index contributed by atoms with van der Waals surface area (Å²) in [6.07, 6.45) is 0.675. The van der Waals surface area contributed by atoms with Gasteiger partial charge in [-0.3, -0.25) is 0 Å². The summed E-state index contributed by atoms with van der Waals surface area (Å²) < 4.78 is 10.0. The first-order chi connectivity index (χ1) is 9.71. The molecule has 20 heavy (non-hydrogen) atoms. The number of hydrogen-bond acceptors (Lipinski definition) is 5. The van der Waals surface area contributed by atoms with Gasteiger partial charge in [0.25, 0.3) is 0 Å². The van der Waals surface area contributed by atoms with E-state index in [1.807, 2.05) is 30.3 Å². The molecule has 0 aliphatic carbocycles. The Kier molecular flexibility index (Phi) is 7.65. The summed E-state index contributed by atoms with van der Waals surface area (Å²) in [7, 11) is 4.91. The first-order valence-electron chi connectivity index (χ1n) is 6.61. The Hall–Kier alpha value is -1.04. The Balaban J connectivity index is 2.82. The molecule has 1 N–H and O–H groups in total. The highest BCUT2D eigenvalue weighted by molar-refractivity contribution is 7.99. The zero-order chi connectivity index (χ0) is 14.8. The molecule has 0 saturated heterocycles. The minimum absolute atomic E-state index is 0.251. The second-order valence-corrected chi connectivity index (χ2v) is 5.59. The van der Waals surface area contributed by atoms with Gasteiger partial charge in [0.15, 0.2) is 0 Å². The Bertz CT molecular complexity index is 399. The molecule has 0 aliphatic heterocycles. The lowest BCUT2D eigenvalue weighted by atomic mass is 9.87. The maximum absolute atomic E-state index is 12.3. The molecule has 1 unspecified atom stereocenters. The molecule has 0 aliphatic rings. The van der Waals surface area contributed by atoms with Crippen molar-refractivity contribution in [1.29, 1.82) is 0 Å². The van der Waals surface area contributed by atoms with E-state index in [0.29, 0.717) is 6.42 Å². The van der Waals surface area contributed by atoms with Gasteiger partial charge in [0.05, 0.1) is 13.7 Å². The number of thioether (sulfide) groups is 1. The summed E-state index contributed by atoms with van der Waals surface area (Å²) in [6.45, 7) is 0.723. The second kappa shape index (κ2) is 9.00. The van der Waals surface area contributed by atoms with Crippen molar-refractivity contribution in [1.82, 2.24) is 5.32 Å². The third-order valence-electron chi connectivity index (χ3n) is 3.28. The van der Waals surface area contributed by atoms with E-state index in [4.69, 9.17) is 9.47 Å². The Labute approximate surface area is 125 Å². The number of rotatable bonds is 9. The molecule has 0 amide bonds. The molecule has 5 heteroatoms. The van der Waals surface area contributed by atoms with Crippen LogP contribution >= 0.6 is 11.8 Å². The number of esters is 1. The highest BCUT2D eigenvalue weighted by atomic mass is 32.2. The fourth-order valence-corrected chi connectivity index (χ4v) is 3.04. The van der Waals surface area contributed by atoms with E-state index in [-0.39, 0.29) is 5.97 Å². The van der Waals surface area contributed by atoms with E-state index < -0.39 is 5.54 Å². The molecule has 1 atom stereocenters. The number of likely N-dealkylation sites (N-methyl/N-ethyl adjacent to an activating group) is 1. The quantitative estimate of drug-likeness (QED) is 0.558. The Morgan fingerprint density at radius 1 is 1.25 bits per heavy atom. The average molecular weight is 297 g/mol. The van der Waals surface area contributed by atoms with E-state index in [2.05, 4.69) is 5.32 Å². The van der Waals surface area contributed by atoms with Gasteiger partial charge in [-0.05, 0) is 24.8 Å². The number of ether oxygens (including phenoxy) is 2. The minimum Gasteiger partial charge on any atom is -0.467 e. The van der Waals surface area contributed by atoms with Crippen LogP contribution in [-0.2, 0) is 19.8 Å². The molecule has 0 spiro atoms. The third kappa shape index (κ3) is 4.23. The number of methoxy groups -OCH3 is 2. The van der Waals surface area contributed by atoms with Gasteiger partial charge in [-0.1, -0.05) is 30.3 Å². The van der Waals surface area contributed by atoms with Crippen LogP contribution in [0, 0.1) is 0 Å². The van der Waals surface area contributed by atoms with Crippen LogP contribution in [0.4, 0.5) is 0 Å². The van der Waals surface area contributed by atoms with Crippen molar-refractivity contribution in [3.05, 3.63) is 35.9 Å². The van der Waals surface area contributed by atoms with Gasteiger partial charge in [0.2, 0.25) is 0 Å². The van der Waals surface area contributed by atoms with Crippen molar-refractivity contribution >= 4 is 17.7 Å². The topological polar surface area (TPSA) is 47.6 Å². The molecule has 0 bridgehead atoms. The van der Waals surface area contributed by atoms with E-state index in [1.165, 1.54) is 7.11 Å². The number of hydrogen-bond donors (Lipinski definition) is 1. The van der Waals surface area contributed by atoms with Crippen LogP contribution in [0.2, 0.25) is 0 Å². The monoisotopic (exact) mass is 297 g/mol. The molecule has 0 aromatic heterocycles. The van der Waals surface area contributed by atoms with Gasteiger partial charge in [-0.2, -0.15) is 11.8 Å². The summed E-state index contributed by atoms with van der Waals surface area (Å²) in [5, 5.41) is 3.15. The van der Waals surface area contributed by atoms with Crippen molar-refractivity contribution in [3.63, 3.8) is 0 Å². The van der Waals surface area contributed by atoms with Crippen molar-refractivity contribution in [2.24, 2.45) is 0 Å². The minimum atomic E-state index is -0.782. The fourth-order valence-electron chi connectivity index (χ4n) is 2.10. The zero-order valence-electron chi connectivity index (χ0n) is 12.3. The van der Waals surface area contributed by atoms with Crippen LogP contribution < -0.4 is 5.32 Å². The lowest BCUT2D eigenvalue weighted by molar-refractivity contribution is -0.149. The van der Waals surface area contributed by atoms with Gasteiger partial charge in [-0.25, -0.2) is 4.79 Å². The summed E-state index contributed by atoms with van der Waals surface area (Å²) in [5.74, 6) is 1.53. The van der Waals surface area contributed by atoms with E-state index in [1.54, 1.807) is 25.9 Å². The molecule has 1 aromatic rings. The van der Waals surface area contributed by atoms with Gasteiger partial charge in [0.1, 0.15) is 5.54 Å². The van der Waals surface area contributed by atoms with Gasteiger partial charge in [-0.15, -0.1) is 0 Å². The van der Waals surface area contributed by atoms with Crippen LogP contribution in [-0.4, -0.2) is 45.3 Å². The van der Waals surface area contributed by atoms with Crippen molar-refractivity contribution < 1.29 is 14.3 Å². The fraction of sp³-hybridized carbons (Fsp3) is 0.533. The summed E-state index contributed by atoms with van der Waals surface area (Å²) >= 11 is 1.77. The maximum Gasteiger partial charge on any atom is 0.330 e. The molecule has 1 rings (SSSR count). The number of nitrogens with one attached hydrogen (secondary N) is 1. The Morgan fingerprint density at radius 3 is 2.50 bits per heavy atom. The predicted molar refractivity (Wildman–Crippen MR) is 83.0 cm³/mol. The van der Waals surface area contributed by atoms with Crippen molar-refractivity contribution in [2.45, 2.75) is 12.0 Å². The largest absolute Gasteiger partial charge is 0.467 e. The molecule has 4 nitrogen and oxygen atoms in total. The molecule has 0 heterocycles. The van der Waals surface area contributed by atoms with Gasteiger partial charge < -0.3 is 14.8 Å². The van der Waals surface area contributed by atoms with E-state index in [0.717, 1.165) is 23.7 Å². The molecule has 0 saturated carbocycles. The maximum atomic E-state index is 12.3. The lowest BCUT2D eigenvalue weighted by Crippen LogP contribution is -2.48. The highest BCUT2D eigenvalue weighted by Crippen LogP contribution is 2.28. The predicted octanol–water partition coefficient (Wildman–Crippen LogP) is 2.04. The zero-order valence-corrected chi connectivity index (χ0v) is 13.2. The van der Waals surface area contributed by atoms with E-state index in [9.17, 15) is 4.79 Å². The van der Waals surface area contributed by atoms with E-state index >= 15 is 0 Å². The van der Waals surface area contributed by atoms with Crippen molar-refractivity contribution in [3.8, 4) is 0 Å². The summed E-state index contributed by atoms with van der Waals surface area (Å²) in [6, 6.07) is 9.71. The third-order valence-corrected chi connectivity index (χ3v) is 4.23. The first-order valence-corrected chi connectivity index (χ1v) is 7.76. The molecule has 1 aromatic carbocycles. The van der Waals surface area contributed by atoms with Gasteiger partial charge >= 0.3 is 5.97 Å². The number of benzene rings is 1. The summed E-state index contributed by atoms with van der Waals surface area (Å²) in [5.41, 5.74) is 0.150. The Morgan fingerprint density at radius 2 is 1.95 bits per heavy atom. The normalized spacial score (nSPS) is 13.8. The number of carbonyl (C=O) groups excluding carboxylic acids is 1.